The Morgan fingerprint density at radius 2 is 2.40 bits per heavy atom. The molecule has 0 saturated heterocycles. The van der Waals surface area contributed by atoms with Crippen LogP contribution in [0.3, 0.4) is 0 Å². The average molecular weight is 206 g/mol. The van der Waals surface area contributed by atoms with E-state index in [1.807, 2.05) is 12.1 Å². The van der Waals surface area contributed by atoms with E-state index in [4.69, 9.17) is 16.7 Å². The van der Waals surface area contributed by atoms with Crippen molar-refractivity contribution in [2.24, 2.45) is 5.84 Å². The van der Waals surface area contributed by atoms with E-state index < -0.39 is 0 Å². The highest BCUT2D eigenvalue weighted by atomic mass is 16.3. The zero-order valence-corrected chi connectivity index (χ0v) is 8.91. The third kappa shape index (κ3) is 4.68. The van der Waals surface area contributed by atoms with Crippen LogP contribution in [0.1, 0.15) is 31.4 Å². The first kappa shape index (κ1) is 11.8. The van der Waals surface area contributed by atoms with Gasteiger partial charge in [0, 0.05) is 18.9 Å². The van der Waals surface area contributed by atoms with Gasteiger partial charge in [0.15, 0.2) is 0 Å². The van der Waals surface area contributed by atoms with Gasteiger partial charge in [-0.15, -0.1) is 12.3 Å². The fraction of sp³-hybridized carbons (Fsp3) is 0.500. The van der Waals surface area contributed by atoms with E-state index in [1.54, 1.807) is 6.26 Å². The number of furan rings is 1. The van der Waals surface area contributed by atoms with Crippen molar-refractivity contribution in [3.8, 4) is 12.3 Å². The Morgan fingerprint density at radius 3 is 3.00 bits per heavy atom. The smallest absolute Gasteiger partial charge is 0.103 e. The first-order valence-corrected chi connectivity index (χ1v) is 5.28. The highest BCUT2D eigenvalue weighted by Crippen LogP contribution is 2.09. The molecule has 15 heavy (non-hydrogen) atoms. The molecule has 82 valence electrons. The Balaban J connectivity index is 2.19. The predicted molar refractivity (Wildman–Crippen MR) is 60.8 cm³/mol. The first-order valence-electron chi connectivity index (χ1n) is 5.28. The largest absolute Gasteiger partial charge is 0.469 e. The van der Waals surface area contributed by atoms with Gasteiger partial charge in [-0.25, -0.2) is 0 Å². The second kappa shape index (κ2) is 7.10. The normalized spacial score (nSPS) is 12.3. The van der Waals surface area contributed by atoms with Gasteiger partial charge in [-0.2, -0.15) is 0 Å². The molecule has 1 aromatic rings. The van der Waals surface area contributed by atoms with Gasteiger partial charge in [-0.1, -0.05) is 0 Å². The molecule has 0 saturated carbocycles. The van der Waals surface area contributed by atoms with Crippen LogP contribution >= 0.6 is 0 Å². The zero-order valence-electron chi connectivity index (χ0n) is 8.91. The van der Waals surface area contributed by atoms with Crippen molar-refractivity contribution in [1.29, 1.82) is 0 Å². The molecular weight excluding hydrogens is 188 g/mol. The van der Waals surface area contributed by atoms with E-state index in [-0.39, 0.29) is 0 Å². The number of hydrazine groups is 1. The molecule has 0 fully saturated rings. The van der Waals surface area contributed by atoms with Crippen LogP contribution in [0.5, 0.6) is 0 Å². The summed E-state index contributed by atoms with van der Waals surface area (Å²) in [6, 6.07) is 4.21. The van der Waals surface area contributed by atoms with Crippen LogP contribution in [-0.4, -0.2) is 6.04 Å². The molecule has 3 nitrogen and oxygen atoms in total. The van der Waals surface area contributed by atoms with Crippen molar-refractivity contribution in [2.45, 2.75) is 38.1 Å². The lowest BCUT2D eigenvalue weighted by molar-refractivity contribution is 0.426. The Bertz CT molecular complexity index is 287. The standard InChI is InChI=1S/C12H18N2O/c1-2-3-4-6-11(14-13)8-9-12-7-5-10-15-12/h1,5,7,10-11,14H,3-4,6,8-9,13H2. The molecule has 0 aliphatic heterocycles. The molecule has 1 aromatic heterocycles. The maximum atomic E-state index is 5.46. The van der Waals surface area contributed by atoms with Crippen LogP contribution in [0.15, 0.2) is 22.8 Å². The maximum absolute atomic E-state index is 5.46. The Hall–Kier alpha value is -1.24. The number of nitrogens with one attached hydrogen (secondary N) is 1. The summed E-state index contributed by atoms with van der Waals surface area (Å²) in [6.07, 6.45) is 11.6. The fourth-order valence-electron chi connectivity index (χ4n) is 1.53. The van der Waals surface area contributed by atoms with Gasteiger partial charge in [0.05, 0.1) is 6.26 Å². The summed E-state index contributed by atoms with van der Waals surface area (Å²) in [5, 5.41) is 0. The monoisotopic (exact) mass is 206 g/mol. The minimum Gasteiger partial charge on any atom is -0.469 e. The van der Waals surface area contributed by atoms with E-state index >= 15 is 0 Å². The summed E-state index contributed by atoms with van der Waals surface area (Å²) in [5.74, 6) is 9.10. The molecule has 1 rings (SSSR count). The predicted octanol–water partition coefficient (Wildman–Crippen LogP) is 1.85. The molecule has 0 aromatic carbocycles. The molecule has 1 unspecified atom stereocenters. The van der Waals surface area contributed by atoms with Crippen LogP contribution in [0.2, 0.25) is 0 Å². The van der Waals surface area contributed by atoms with Gasteiger partial charge in [0.1, 0.15) is 5.76 Å². The average Bonchev–Trinajstić information content (AvgIpc) is 2.76. The van der Waals surface area contributed by atoms with Crippen LogP contribution in [0, 0.1) is 12.3 Å². The van der Waals surface area contributed by atoms with Crippen molar-refractivity contribution < 1.29 is 4.42 Å². The van der Waals surface area contributed by atoms with Crippen LogP contribution in [-0.2, 0) is 6.42 Å². The molecule has 0 radical (unpaired) electrons. The lowest BCUT2D eigenvalue weighted by Gasteiger charge is -2.13. The van der Waals surface area contributed by atoms with E-state index in [2.05, 4.69) is 11.3 Å². The zero-order chi connectivity index (χ0) is 10.9. The van der Waals surface area contributed by atoms with E-state index in [1.165, 1.54) is 0 Å². The number of terminal acetylenes is 1. The molecule has 1 atom stereocenters. The molecule has 0 aliphatic carbocycles. The Kier molecular flexibility index (Phi) is 5.60. The van der Waals surface area contributed by atoms with E-state index in [0.717, 1.165) is 37.9 Å². The minimum absolute atomic E-state index is 0.323. The van der Waals surface area contributed by atoms with Crippen molar-refractivity contribution in [3.05, 3.63) is 24.2 Å². The highest BCUT2D eigenvalue weighted by Gasteiger charge is 2.07. The number of rotatable bonds is 7. The summed E-state index contributed by atoms with van der Waals surface area (Å²) in [4.78, 5) is 0. The van der Waals surface area contributed by atoms with Gasteiger partial charge in [0.2, 0.25) is 0 Å². The van der Waals surface area contributed by atoms with E-state index in [0.29, 0.717) is 6.04 Å². The molecule has 0 amide bonds. The van der Waals surface area contributed by atoms with Crippen LogP contribution in [0.25, 0.3) is 0 Å². The van der Waals surface area contributed by atoms with Crippen molar-refractivity contribution in [1.82, 2.24) is 5.43 Å². The quantitative estimate of drug-likeness (QED) is 0.310. The second-order valence-electron chi connectivity index (χ2n) is 3.58. The van der Waals surface area contributed by atoms with Gasteiger partial charge in [0.25, 0.3) is 0 Å². The van der Waals surface area contributed by atoms with Crippen molar-refractivity contribution in [3.63, 3.8) is 0 Å². The lowest BCUT2D eigenvalue weighted by Crippen LogP contribution is -2.35. The molecule has 3 heteroatoms. The van der Waals surface area contributed by atoms with Crippen molar-refractivity contribution >= 4 is 0 Å². The number of unbranched alkanes of at least 4 members (excludes halogenated alkanes) is 1. The summed E-state index contributed by atoms with van der Waals surface area (Å²) in [6.45, 7) is 0. The molecular formula is C12H18N2O. The molecule has 0 aliphatic rings. The number of aryl methyl sites for hydroxylation is 1. The molecule has 3 N–H and O–H groups in total. The topological polar surface area (TPSA) is 51.2 Å². The van der Waals surface area contributed by atoms with Crippen LogP contribution in [0.4, 0.5) is 0 Å². The summed E-state index contributed by atoms with van der Waals surface area (Å²) < 4.78 is 5.25. The third-order valence-corrected chi connectivity index (χ3v) is 2.43. The van der Waals surface area contributed by atoms with Gasteiger partial charge in [-0.05, 0) is 31.4 Å². The first-order chi connectivity index (χ1) is 7.36. The Labute approximate surface area is 91.0 Å². The van der Waals surface area contributed by atoms with Gasteiger partial charge >= 0.3 is 0 Å². The SMILES string of the molecule is C#CCCCC(CCc1ccco1)NN. The van der Waals surface area contributed by atoms with Crippen molar-refractivity contribution in [2.75, 3.05) is 0 Å². The highest BCUT2D eigenvalue weighted by molar-refractivity contribution is 4.98. The third-order valence-electron chi connectivity index (χ3n) is 2.43. The molecule has 0 bridgehead atoms. The minimum atomic E-state index is 0.323. The maximum Gasteiger partial charge on any atom is 0.103 e. The number of nitrogens with two attached hydrogens (primary N) is 1. The van der Waals surface area contributed by atoms with Crippen LogP contribution < -0.4 is 11.3 Å². The fourth-order valence-corrected chi connectivity index (χ4v) is 1.53. The van der Waals surface area contributed by atoms with E-state index in [9.17, 15) is 0 Å². The summed E-state index contributed by atoms with van der Waals surface area (Å²) in [7, 11) is 0. The lowest BCUT2D eigenvalue weighted by atomic mass is 10.0. The number of hydrogen-bond donors (Lipinski definition) is 2. The summed E-state index contributed by atoms with van der Waals surface area (Å²) >= 11 is 0. The summed E-state index contributed by atoms with van der Waals surface area (Å²) in [5.41, 5.74) is 2.81. The van der Waals surface area contributed by atoms with Gasteiger partial charge in [-0.3, -0.25) is 11.3 Å². The molecule has 0 spiro atoms. The van der Waals surface area contributed by atoms with Gasteiger partial charge < -0.3 is 4.42 Å². The molecule has 1 heterocycles. The number of hydrogen-bond acceptors (Lipinski definition) is 3. The Morgan fingerprint density at radius 1 is 1.53 bits per heavy atom. The second-order valence-corrected chi connectivity index (χ2v) is 3.58.